The van der Waals surface area contributed by atoms with Gasteiger partial charge in [0.2, 0.25) is 0 Å². The number of amides is 1. The van der Waals surface area contributed by atoms with E-state index >= 15 is 0 Å². The first-order valence-corrected chi connectivity index (χ1v) is 9.62. The van der Waals surface area contributed by atoms with Gasteiger partial charge in [-0.15, -0.1) is 0 Å². The molecule has 0 saturated carbocycles. The first-order chi connectivity index (χ1) is 15.0. The van der Waals surface area contributed by atoms with Gasteiger partial charge in [-0.3, -0.25) is 14.8 Å². The number of pyridine rings is 2. The summed E-state index contributed by atoms with van der Waals surface area (Å²) in [6.07, 6.45) is 4.30. The Kier molecular flexibility index (Phi) is 5.75. The number of nitrogens with zero attached hydrogens (tertiary/aromatic N) is 2. The molecule has 0 aliphatic carbocycles. The number of aromatic nitrogens is 2. The first-order valence-electron chi connectivity index (χ1n) is 9.62. The average molecular weight is 417 g/mol. The minimum Gasteiger partial charge on any atom is -0.496 e. The van der Waals surface area contributed by atoms with Gasteiger partial charge in [-0.1, -0.05) is 6.07 Å². The van der Waals surface area contributed by atoms with Crippen molar-refractivity contribution in [2.24, 2.45) is 0 Å². The average Bonchev–Trinajstić information content (AvgIpc) is 2.77. The van der Waals surface area contributed by atoms with E-state index in [1.807, 2.05) is 19.1 Å². The summed E-state index contributed by atoms with van der Waals surface area (Å²) in [7, 11) is 1.62. The highest BCUT2D eigenvalue weighted by atomic mass is 19.1. The van der Waals surface area contributed by atoms with Crippen molar-refractivity contribution >= 4 is 16.8 Å². The fourth-order valence-corrected chi connectivity index (χ4v) is 3.23. The Morgan fingerprint density at radius 3 is 2.77 bits per heavy atom. The zero-order valence-corrected chi connectivity index (χ0v) is 17.1. The zero-order chi connectivity index (χ0) is 21.8. The number of carbonyl (C=O) groups excluding carboxylic acids is 1. The molecule has 0 aliphatic rings. The summed E-state index contributed by atoms with van der Waals surface area (Å²) in [6.45, 7) is 2.12. The third kappa shape index (κ3) is 4.61. The molecule has 0 saturated heterocycles. The Labute approximate surface area is 178 Å². The SMILES string of the molecule is COc1cc2c(Oc3cccc(C(=O)NCc4cncc(F)c4)c3)ccnc2cc1C. The predicted molar refractivity (Wildman–Crippen MR) is 115 cm³/mol. The van der Waals surface area contributed by atoms with Crippen molar-refractivity contribution < 1.29 is 18.7 Å². The Hall–Kier alpha value is -4.00. The smallest absolute Gasteiger partial charge is 0.251 e. The summed E-state index contributed by atoms with van der Waals surface area (Å²) >= 11 is 0. The van der Waals surface area contributed by atoms with Crippen LogP contribution in [0.3, 0.4) is 0 Å². The van der Waals surface area contributed by atoms with Crippen LogP contribution in [0.2, 0.25) is 0 Å². The molecule has 1 N–H and O–H groups in total. The van der Waals surface area contributed by atoms with Crippen LogP contribution in [-0.4, -0.2) is 23.0 Å². The number of nitrogens with one attached hydrogen (secondary N) is 1. The van der Waals surface area contributed by atoms with E-state index in [4.69, 9.17) is 9.47 Å². The van der Waals surface area contributed by atoms with E-state index in [0.717, 1.165) is 28.4 Å². The molecule has 2 heterocycles. The Balaban J connectivity index is 1.54. The topological polar surface area (TPSA) is 73.3 Å². The van der Waals surface area contributed by atoms with Crippen LogP contribution in [-0.2, 0) is 6.54 Å². The lowest BCUT2D eigenvalue weighted by molar-refractivity contribution is 0.0950. The van der Waals surface area contributed by atoms with Gasteiger partial charge in [0.05, 0.1) is 18.8 Å². The molecule has 0 fully saturated rings. The molecule has 1 amide bonds. The maximum atomic E-state index is 13.3. The van der Waals surface area contributed by atoms with Crippen LogP contribution in [0, 0.1) is 12.7 Å². The van der Waals surface area contributed by atoms with Crippen LogP contribution in [0.15, 0.2) is 67.1 Å². The van der Waals surface area contributed by atoms with Crippen molar-refractivity contribution in [1.29, 1.82) is 0 Å². The molecule has 6 nitrogen and oxygen atoms in total. The number of fused-ring (bicyclic) bond motifs is 1. The maximum Gasteiger partial charge on any atom is 0.251 e. The van der Waals surface area contributed by atoms with Gasteiger partial charge in [-0.25, -0.2) is 4.39 Å². The minimum absolute atomic E-state index is 0.169. The van der Waals surface area contributed by atoms with Crippen molar-refractivity contribution in [2.45, 2.75) is 13.5 Å². The van der Waals surface area contributed by atoms with E-state index in [2.05, 4.69) is 15.3 Å². The lowest BCUT2D eigenvalue weighted by Gasteiger charge is -2.12. The summed E-state index contributed by atoms with van der Waals surface area (Å²) in [4.78, 5) is 20.7. The van der Waals surface area contributed by atoms with Gasteiger partial charge in [0.25, 0.3) is 5.91 Å². The van der Waals surface area contributed by atoms with E-state index < -0.39 is 5.82 Å². The highest BCUT2D eigenvalue weighted by Crippen LogP contribution is 2.33. The predicted octanol–water partition coefficient (Wildman–Crippen LogP) is 4.81. The molecular weight excluding hydrogens is 397 g/mol. The number of halogens is 1. The number of aryl methyl sites for hydroxylation is 1. The molecule has 2 aromatic carbocycles. The van der Waals surface area contributed by atoms with Gasteiger partial charge in [-0.05, 0) is 60.5 Å². The maximum absolute atomic E-state index is 13.3. The van der Waals surface area contributed by atoms with E-state index in [1.165, 1.54) is 12.3 Å². The minimum atomic E-state index is -0.446. The fraction of sp³-hybridized carbons (Fsp3) is 0.125. The zero-order valence-electron chi connectivity index (χ0n) is 17.1. The molecule has 0 bridgehead atoms. The van der Waals surface area contributed by atoms with Crippen molar-refractivity contribution in [3.63, 3.8) is 0 Å². The second-order valence-electron chi connectivity index (χ2n) is 6.97. The quantitative estimate of drug-likeness (QED) is 0.487. The van der Waals surface area contributed by atoms with Gasteiger partial charge in [-0.2, -0.15) is 0 Å². The highest BCUT2D eigenvalue weighted by molar-refractivity contribution is 5.94. The Bertz CT molecular complexity index is 1260. The number of carbonyl (C=O) groups is 1. The molecule has 4 aromatic rings. The van der Waals surface area contributed by atoms with E-state index in [9.17, 15) is 9.18 Å². The number of rotatable bonds is 6. The summed E-state index contributed by atoms with van der Waals surface area (Å²) in [5.41, 5.74) is 2.77. The van der Waals surface area contributed by atoms with E-state index in [0.29, 0.717) is 22.6 Å². The molecular formula is C24H20FN3O3. The summed E-state index contributed by atoms with van der Waals surface area (Å²) < 4.78 is 24.7. The van der Waals surface area contributed by atoms with Gasteiger partial charge < -0.3 is 14.8 Å². The van der Waals surface area contributed by atoms with Crippen LogP contribution in [0.5, 0.6) is 17.2 Å². The Morgan fingerprint density at radius 2 is 1.97 bits per heavy atom. The lowest BCUT2D eigenvalue weighted by Crippen LogP contribution is -2.22. The normalized spacial score (nSPS) is 10.7. The summed E-state index contributed by atoms with van der Waals surface area (Å²) in [5, 5.41) is 3.56. The molecule has 0 aliphatic heterocycles. The molecule has 0 atom stereocenters. The van der Waals surface area contributed by atoms with Crippen LogP contribution < -0.4 is 14.8 Å². The number of benzene rings is 2. The third-order valence-electron chi connectivity index (χ3n) is 4.76. The number of methoxy groups -OCH3 is 1. The van der Waals surface area contributed by atoms with Gasteiger partial charge in [0.1, 0.15) is 23.1 Å². The van der Waals surface area contributed by atoms with Crippen molar-refractivity contribution in [1.82, 2.24) is 15.3 Å². The summed E-state index contributed by atoms with van der Waals surface area (Å²) in [5.74, 6) is 1.11. The van der Waals surface area contributed by atoms with Crippen molar-refractivity contribution in [3.05, 3.63) is 89.6 Å². The van der Waals surface area contributed by atoms with Crippen LogP contribution >= 0.6 is 0 Å². The second kappa shape index (κ2) is 8.79. The molecule has 4 rings (SSSR count). The molecule has 0 spiro atoms. The number of hydrogen-bond acceptors (Lipinski definition) is 5. The molecule has 0 radical (unpaired) electrons. The Morgan fingerprint density at radius 1 is 1.10 bits per heavy atom. The van der Waals surface area contributed by atoms with Crippen molar-refractivity contribution in [2.75, 3.05) is 7.11 Å². The molecule has 0 unspecified atom stereocenters. The molecule has 156 valence electrons. The molecule has 2 aromatic heterocycles. The third-order valence-corrected chi connectivity index (χ3v) is 4.76. The van der Waals surface area contributed by atoms with Crippen molar-refractivity contribution in [3.8, 4) is 17.2 Å². The fourth-order valence-electron chi connectivity index (χ4n) is 3.23. The standard InChI is InChI=1S/C24H20FN3O3/c1-15-8-21-20(11-23(15)30-2)22(6-7-27-21)31-19-5-3-4-17(10-19)24(29)28-13-16-9-18(25)14-26-12-16/h3-12,14H,13H2,1-2H3,(H,28,29). The molecule has 31 heavy (non-hydrogen) atoms. The van der Waals surface area contributed by atoms with Gasteiger partial charge in [0, 0.05) is 29.9 Å². The van der Waals surface area contributed by atoms with Crippen LogP contribution in [0.25, 0.3) is 10.9 Å². The summed E-state index contributed by atoms with van der Waals surface area (Å²) in [6, 6.07) is 13.8. The van der Waals surface area contributed by atoms with Gasteiger partial charge in [0.15, 0.2) is 0 Å². The number of hydrogen-bond donors (Lipinski definition) is 1. The largest absolute Gasteiger partial charge is 0.496 e. The van der Waals surface area contributed by atoms with Crippen LogP contribution in [0.4, 0.5) is 4.39 Å². The molecule has 7 heteroatoms. The first kappa shape index (κ1) is 20.3. The van der Waals surface area contributed by atoms with E-state index in [1.54, 1.807) is 43.6 Å². The monoisotopic (exact) mass is 417 g/mol. The van der Waals surface area contributed by atoms with Gasteiger partial charge >= 0.3 is 0 Å². The van der Waals surface area contributed by atoms with E-state index in [-0.39, 0.29) is 12.5 Å². The van der Waals surface area contributed by atoms with Crippen LogP contribution in [0.1, 0.15) is 21.5 Å². The highest BCUT2D eigenvalue weighted by Gasteiger charge is 2.11. The lowest BCUT2D eigenvalue weighted by atomic mass is 10.1. The second-order valence-corrected chi connectivity index (χ2v) is 6.97. The number of ether oxygens (including phenoxy) is 2.